The molecule has 0 radical (unpaired) electrons. The summed E-state index contributed by atoms with van der Waals surface area (Å²) in [5.41, 5.74) is 0.282. The number of hydrogen-bond donors (Lipinski definition) is 0. The van der Waals surface area contributed by atoms with Crippen molar-refractivity contribution in [2.45, 2.75) is 63.8 Å². The first-order valence-corrected chi connectivity index (χ1v) is 10.9. The number of carbonyl (C=O) groups excluding carboxylic acids is 2. The zero-order chi connectivity index (χ0) is 22.4. The molecule has 2 aliphatic heterocycles. The van der Waals surface area contributed by atoms with Gasteiger partial charge in [-0.05, 0) is 39.2 Å². The van der Waals surface area contributed by atoms with Gasteiger partial charge in [0.05, 0.1) is 24.4 Å². The number of rotatable bonds is 4. The summed E-state index contributed by atoms with van der Waals surface area (Å²) in [5, 5.41) is 0. The molecule has 2 atom stereocenters. The minimum absolute atomic E-state index is 0.0586. The van der Waals surface area contributed by atoms with Crippen LogP contribution in [0.1, 0.15) is 39.2 Å². The fourth-order valence-electron chi connectivity index (χ4n) is 4.77. The maximum atomic E-state index is 14.7. The monoisotopic (exact) mass is 436 g/mol. The van der Waals surface area contributed by atoms with E-state index in [4.69, 9.17) is 9.47 Å². The van der Waals surface area contributed by atoms with Gasteiger partial charge in [0, 0.05) is 19.1 Å². The van der Waals surface area contributed by atoms with E-state index >= 15 is 0 Å². The van der Waals surface area contributed by atoms with Gasteiger partial charge in [0.25, 0.3) is 5.92 Å². The highest BCUT2D eigenvalue weighted by molar-refractivity contribution is 5.74. The molecule has 1 amide bonds. The first kappa shape index (κ1) is 22.0. The summed E-state index contributed by atoms with van der Waals surface area (Å²) < 4.78 is 40.1. The molecule has 2 heterocycles. The third kappa shape index (κ3) is 4.68. The summed E-state index contributed by atoms with van der Waals surface area (Å²) in [4.78, 5) is 28.0. The van der Waals surface area contributed by atoms with Crippen molar-refractivity contribution in [1.29, 1.82) is 0 Å². The van der Waals surface area contributed by atoms with Crippen molar-refractivity contribution in [3.8, 4) is 0 Å². The zero-order valence-corrected chi connectivity index (χ0v) is 18.2. The lowest BCUT2D eigenvalue weighted by Crippen LogP contribution is -2.49. The smallest absolute Gasteiger partial charge is 0.410 e. The molecular weight excluding hydrogens is 406 g/mol. The van der Waals surface area contributed by atoms with Crippen LogP contribution in [-0.4, -0.2) is 65.1 Å². The molecule has 4 rings (SSSR count). The molecule has 3 aliphatic rings. The Morgan fingerprint density at radius 3 is 2.45 bits per heavy atom. The topological polar surface area (TPSA) is 59.1 Å². The van der Waals surface area contributed by atoms with Crippen molar-refractivity contribution in [3.63, 3.8) is 0 Å². The van der Waals surface area contributed by atoms with E-state index in [1.54, 1.807) is 0 Å². The molecule has 2 saturated heterocycles. The second kappa shape index (κ2) is 8.04. The number of alkyl halides is 2. The molecule has 0 aromatic heterocycles. The van der Waals surface area contributed by atoms with Crippen LogP contribution in [0.5, 0.6) is 0 Å². The van der Waals surface area contributed by atoms with Gasteiger partial charge in [-0.2, -0.15) is 0 Å². The summed E-state index contributed by atoms with van der Waals surface area (Å²) in [6.07, 6.45) is 0.523. The predicted octanol–water partition coefficient (Wildman–Crippen LogP) is 3.69. The number of benzene rings is 1. The van der Waals surface area contributed by atoms with Crippen LogP contribution < -0.4 is 0 Å². The average molecular weight is 436 g/mol. The first-order chi connectivity index (χ1) is 14.5. The Morgan fingerprint density at radius 2 is 1.81 bits per heavy atom. The minimum Gasteiger partial charge on any atom is -0.460 e. The third-order valence-electron chi connectivity index (χ3n) is 6.45. The van der Waals surface area contributed by atoms with Gasteiger partial charge in [-0.15, -0.1) is 0 Å². The highest BCUT2D eigenvalue weighted by Gasteiger charge is 2.61. The molecule has 31 heavy (non-hydrogen) atoms. The van der Waals surface area contributed by atoms with Gasteiger partial charge in [0.1, 0.15) is 12.2 Å². The van der Waals surface area contributed by atoms with E-state index in [9.17, 15) is 18.4 Å². The maximum Gasteiger partial charge on any atom is 0.410 e. The third-order valence-corrected chi connectivity index (χ3v) is 6.45. The maximum absolute atomic E-state index is 14.7. The lowest BCUT2D eigenvalue weighted by molar-refractivity contribution is -0.165. The molecule has 170 valence electrons. The van der Waals surface area contributed by atoms with Crippen LogP contribution in [-0.2, 0) is 20.9 Å². The lowest BCUT2D eigenvalue weighted by atomic mass is 9.79. The van der Waals surface area contributed by atoms with Crippen LogP contribution >= 0.6 is 0 Å². The Kier molecular flexibility index (Phi) is 5.70. The van der Waals surface area contributed by atoms with Gasteiger partial charge in [-0.25, -0.2) is 13.6 Å². The standard InChI is InChI=1S/C23H30F2N2O4/c1-22(2,3)31-20(28)16-9-17(10-16)26-11-18-19(12-26)27(14-23(18,24)25)21(29)30-13-15-7-5-4-6-8-15/h4-8,16-19H,9-14H2,1-3H3/t16?,17?,18-,19+/m1/s1. The van der Waals surface area contributed by atoms with Gasteiger partial charge in [0.2, 0.25) is 0 Å². The largest absolute Gasteiger partial charge is 0.460 e. The summed E-state index contributed by atoms with van der Waals surface area (Å²) >= 11 is 0. The highest BCUT2D eigenvalue weighted by atomic mass is 19.3. The van der Waals surface area contributed by atoms with Crippen molar-refractivity contribution in [1.82, 2.24) is 9.80 Å². The number of fused-ring (bicyclic) bond motifs is 1. The molecule has 6 nitrogen and oxygen atoms in total. The Balaban J connectivity index is 1.33. The predicted molar refractivity (Wildman–Crippen MR) is 109 cm³/mol. The fraction of sp³-hybridized carbons (Fsp3) is 0.652. The first-order valence-electron chi connectivity index (χ1n) is 10.9. The van der Waals surface area contributed by atoms with Crippen LogP contribution in [0.2, 0.25) is 0 Å². The summed E-state index contributed by atoms with van der Waals surface area (Å²) in [6, 6.07) is 8.67. The lowest BCUT2D eigenvalue weighted by Gasteiger charge is -2.41. The van der Waals surface area contributed by atoms with E-state index in [1.165, 1.54) is 4.90 Å². The van der Waals surface area contributed by atoms with Crippen molar-refractivity contribution >= 4 is 12.1 Å². The quantitative estimate of drug-likeness (QED) is 0.674. The molecule has 1 aliphatic carbocycles. The number of hydrogen-bond acceptors (Lipinski definition) is 5. The molecular formula is C23H30F2N2O4. The van der Waals surface area contributed by atoms with E-state index in [1.807, 2.05) is 56.0 Å². The Bertz CT molecular complexity index is 821. The van der Waals surface area contributed by atoms with Crippen LogP contribution in [0.15, 0.2) is 30.3 Å². The summed E-state index contributed by atoms with van der Waals surface area (Å²) in [6.45, 7) is 5.55. The summed E-state index contributed by atoms with van der Waals surface area (Å²) in [7, 11) is 0. The van der Waals surface area contributed by atoms with Crippen LogP contribution in [0.3, 0.4) is 0 Å². The molecule has 1 aromatic carbocycles. The molecule has 8 heteroatoms. The van der Waals surface area contributed by atoms with Gasteiger partial charge >= 0.3 is 12.1 Å². The normalized spacial score (nSPS) is 29.9. The van der Waals surface area contributed by atoms with Gasteiger partial charge < -0.3 is 9.47 Å². The van der Waals surface area contributed by atoms with Crippen molar-refractivity contribution < 1.29 is 27.8 Å². The molecule has 0 spiro atoms. The Hall–Kier alpha value is -2.22. The van der Waals surface area contributed by atoms with Crippen molar-refractivity contribution in [3.05, 3.63) is 35.9 Å². The minimum atomic E-state index is -2.94. The van der Waals surface area contributed by atoms with E-state index < -0.39 is 36.1 Å². The number of nitrogens with zero attached hydrogens (tertiary/aromatic N) is 2. The summed E-state index contributed by atoms with van der Waals surface area (Å²) in [5.74, 6) is -4.26. The van der Waals surface area contributed by atoms with E-state index in [0.29, 0.717) is 19.4 Å². The van der Waals surface area contributed by atoms with Gasteiger partial charge in [-0.3, -0.25) is 14.6 Å². The van der Waals surface area contributed by atoms with Gasteiger partial charge in [-0.1, -0.05) is 30.3 Å². The molecule has 1 aromatic rings. The SMILES string of the molecule is CC(C)(C)OC(=O)C1CC(N2C[C@@H]3[C@H](C2)N(C(=O)OCc2ccccc2)CC3(F)F)C1. The fourth-order valence-corrected chi connectivity index (χ4v) is 4.77. The number of halogens is 2. The van der Waals surface area contributed by atoms with Crippen LogP contribution in [0, 0.1) is 11.8 Å². The molecule has 0 unspecified atom stereocenters. The van der Waals surface area contributed by atoms with Crippen LogP contribution in [0.4, 0.5) is 13.6 Å². The molecule has 3 fully saturated rings. The van der Waals surface area contributed by atoms with E-state index in [2.05, 4.69) is 0 Å². The second-order valence-corrected chi connectivity index (χ2v) is 9.91. The average Bonchev–Trinajstić information content (AvgIpc) is 3.17. The number of esters is 1. The number of likely N-dealkylation sites (tertiary alicyclic amines) is 2. The number of carbonyl (C=O) groups is 2. The molecule has 1 saturated carbocycles. The second-order valence-electron chi connectivity index (χ2n) is 9.91. The molecule has 0 bridgehead atoms. The van der Waals surface area contributed by atoms with E-state index in [-0.39, 0.29) is 31.1 Å². The number of ether oxygens (including phenoxy) is 2. The van der Waals surface area contributed by atoms with E-state index in [0.717, 1.165) is 5.56 Å². The van der Waals surface area contributed by atoms with Crippen LogP contribution in [0.25, 0.3) is 0 Å². The zero-order valence-electron chi connectivity index (χ0n) is 18.2. The molecule has 0 N–H and O–H groups in total. The highest BCUT2D eigenvalue weighted by Crippen LogP contribution is 2.45. The Morgan fingerprint density at radius 1 is 1.13 bits per heavy atom. The number of amides is 1. The van der Waals surface area contributed by atoms with Gasteiger partial charge in [0.15, 0.2) is 0 Å². The Labute approximate surface area is 181 Å². The van der Waals surface area contributed by atoms with Crippen molar-refractivity contribution in [2.75, 3.05) is 19.6 Å². The van der Waals surface area contributed by atoms with Crippen molar-refractivity contribution in [2.24, 2.45) is 11.8 Å².